The summed E-state index contributed by atoms with van der Waals surface area (Å²) in [4.78, 5) is 25.2. The maximum atomic E-state index is 13.2. The maximum Gasteiger partial charge on any atom is 0.344 e. The van der Waals surface area contributed by atoms with Crippen molar-refractivity contribution in [3.8, 4) is 11.4 Å². The van der Waals surface area contributed by atoms with Crippen LogP contribution in [0.15, 0.2) is 48.5 Å². The van der Waals surface area contributed by atoms with Crippen molar-refractivity contribution in [3.63, 3.8) is 0 Å². The molecule has 0 fully saturated rings. The fourth-order valence-corrected chi connectivity index (χ4v) is 3.19. The van der Waals surface area contributed by atoms with E-state index in [1.165, 1.54) is 35.9 Å². The number of esters is 1. The minimum absolute atomic E-state index is 0.00316. The molecule has 162 valence electrons. The van der Waals surface area contributed by atoms with E-state index in [-0.39, 0.29) is 10.7 Å². The smallest absolute Gasteiger partial charge is 0.344 e. The Hall–Kier alpha value is -3.39. The Kier molecular flexibility index (Phi) is 6.91. The van der Waals surface area contributed by atoms with Crippen molar-refractivity contribution in [1.82, 2.24) is 9.78 Å². The third kappa shape index (κ3) is 5.03. The molecule has 0 aliphatic rings. The van der Waals surface area contributed by atoms with Gasteiger partial charge in [0.25, 0.3) is 5.91 Å². The molecule has 0 spiro atoms. The van der Waals surface area contributed by atoms with Gasteiger partial charge in [-0.25, -0.2) is 13.9 Å². The molecule has 1 amide bonds. The number of hydrogen-bond donors (Lipinski definition) is 1. The Balaban J connectivity index is 1.74. The van der Waals surface area contributed by atoms with Gasteiger partial charge >= 0.3 is 5.97 Å². The van der Waals surface area contributed by atoms with Gasteiger partial charge in [-0.15, -0.1) is 0 Å². The number of nitrogens with zero attached hydrogens (tertiary/aromatic N) is 2. The average Bonchev–Trinajstić information content (AvgIpc) is 3.04. The minimum atomic E-state index is -1.10. The second kappa shape index (κ2) is 9.61. The number of para-hydroxylation sites is 2. The summed E-state index contributed by atoms with van der Waals surface area (Å²) in [7, 11) is 0. The van der Waals surface area contributed by atoms with Crippen LogP contribution in [0.3, 0.4) is 0 Å². The summed E-state index contributed by atoms with van der Waals surface area (Å²) in [6, 6.07) is 12.4. The van der Waals surface area contributed by atoms with Gasteiger partial charge in [-0.1, -0.05) is 23.7 Å². The lowest BCUT2D eigenvalue weighted by molar-refractivity contribution is -0.123. The summed E-state index contributed by atoms with van der Waals surface area (Å²) in [5, 5.41) is 6.92. The molecule has 0 bridgehead atoms. The van der Waals surface area contributed by atoms with Crippen LogP contribution in [0.2, 0.25) is 5.15 Å². The van der Waals surface area contributed by atoms with E-state index < -0.39 is 23.8 Å². The first-order chi connectivity index (χ1) is 14.8. The molecule has 0 radical (unpaired) electrons. The van der Waals surface area contributed by atoms with Crippen LogP contribution in [-0.4, -0.2) is 34.4 Å². The Bertz CT molecular complexity index is 1100. The Labute approximate surface area is 183 Å². The quantitative estimate of drug-likeness (QED) is 0.539. The third-order valence-electron chi connectivity index (χ3n) is 4.38. The maximum absolute atomic E-state index is 13.2. The second-order valence-electron chi connectivity index (χ2n) is 6.61. The number of aromatic nitrogens is 2. The molecule has 1 unspecified atom stereocenters. The standard InChI is InChI=1S/C22H21ClFN3O4/c1-4-30-18-8-6-5-7-17(18)25-21(28)14(3)31-22(29)19-13(2)26-27(20(19)23)16-11-9-15(24)10-12-16/h5-12,14H,4H2,1-3H3,(H,25,28). The van der Waals surface area contributed by atoms with E-state index in [0.29, 0.717) is 29.4 Å². The number of rotatable bonds is 7. The summed E-state index contributed by atoms with van der Waals surface area (Å²) in [6.45, 7) is 5.31. The highest BCUT2D eigenvalue weighted by molar-refractivity contribution is 6.33. The Morgan fingerprint density at radius 2 is 1.87 bits per heavy atom. The van der Waals surface area contributed by atoms with Crippen LogP contribution in [0.1, 0.15) is 29.9 Å². The zero-order valence-corrected chi connectivity index (χ0v) is 17.9. The number of carbonyl (C=O) groups excluding carboxylic acids is 2. The first-order valence-corrected chi connectivity index (χ1v) is 9.94. The molecule has 1 N–H and O–H groups in total. The number of anilines is 1. The second-order valence-corrected chi connectivity index (χ2v) is 6.96. The van der Waals surface area contributed by atoms with Crippen LogP contribution < -0.4 is 10.1 Å². The number of carbonyl (C=O) groups is 2. The summed E-state index contributed by atoms with van der Waals surface area (Å²) < 4.78 is 25.3. The SMILES string of the molecule is CCOc1ccccc1NC(=O)C(C)OC(=O)c1c(C)nn(-c2ccc(F)cc2)c1Cl. The molecule has 9 heteroatoms. The van der Waals surface area contributed by atoms with Gasteiger partial charge in [-0.3, -0.25) is 4.79 Å². The summed E-state index contributed by atoms with van der Waals surface area (Å²) >= 11 is 6.34. The fraction of sp³-hybridized carbons (Fsp3) is 0.227. The molecule has 7 nitrogen and oxygen atoms in total. The monoisotopic (exact) mass is 445 g/mol. The largest absolute Gasteiger partial charge is 0.492 e. The molecule has 31 heavy (non-hydrogen) atoms. The molecule has 0 aliphatic heterocycles. The molecule has 2 aromatic carbocycles. The van der Waals surface area contributed by atoms with Crippen molar-refractivity contribution in [2.24, 2.45) is 0 Å². The van der Waals surface area contributed by atoms with Crippen LogP contribution in [0.25, 0.3) is 5.69 Å². The number of halogens is 2. The highest BCUT2D eigenvalue weighted by atomic mass is 35.5. The molecule has 0 saturated carbocycles. The van der Waals surface area contributed by atoms with Crippen LogP contribution in [0.5, 0.6) is 5.75 Å². The van der Waals surface area contributed by atoms with Crippen molar-refractivity contribution in [3.05, 3.63) is 70.8 Å². The molecule has 0 saturated heterocycles. The summed E-state index contributed by atoms with van der Waals surface area (Å²) in [5.74, 6) is -1.22. The van der Waals surface area contributed by atoms with E-state index in [2.05, 4.69) is 10.4 Å². The van der Waals surface area contributed by atoms with Crippen LogP contribution in [0.4, 0.5) is 10.1 Å². The molecular formula is C22H21ClFN3O4. The highest BCUT2D eigenvalue weighted by Crippen LogP contribution is 2.26. The van der Waals surface area contributed by atoms with E-state index in [1.807, 2.05) is 6.92 Å². The molecule has 1 aromatic heterocycles. The van der Waals surface area contributed by atoms with Gasteiger partial charge in [0, 0.05) is 0 Å². The van der Waals surface area contributed by atoms with E-state index >= 15 is 0 Å². The number of amides is 1. The fourth-order valence-electron chi connectivity index (χ4n) is 2.84. The van der Waals surface area contributed by atoms with Crippen LogP contribution in [-0.2, 0) is 9.53 Å². The van der Waals surface area contributed by atoms with Crippen LogP contribution in [0, 0.1) is 12.7 Å². The van der Waals surface area contributed by atoms with Gasteiger partial charge in [-0.05, 0) is 57.2 Å². The molecule has 3 aromatic rings. The number of benzene rings is 2. The van der Waals surface area contributed by atoms with Crippen molar-refractivity contribution in [1.29, 1.82) is 0 Å². The van der Waals surface area contributed by atoms with Gasteiger partial charge in [-0.2, -0.15) is 5.10 Å². The van der Waals surface area contributed by atoms with Crippen molar-refractivity contribution < 1.29 is 23.5 Å². The lowest BCUT2D eigenvalue weighted by atomic mass is 10.2. The van der Waals surface area contributed by atoms with Crippen molar-refractivity contribution >= 4 is 29.2 Å². The summed E-state index contributed by atoms with van der Waals surface area (Å²) in [5.41, 5.74) is 1.29. The predicted octanol–water partition coefficient (Wildman–Crippen LogP) is 4.56. The van der Waals surface area contributed by atoms with E-state index in [1.54, 1.807) is 31.2 Å². The molecule has 1 atom stereocenters. The van der Waals surface area contributed by atoms with Crippen molar-refractivity contribution in [2.45, 2.75) is 26.9 Å². The lowest BCUT2D eigenvalue weighted by Gasteiger charge is -2.15. The van der Waals surface area contributed by atoms with E-state index in [4.69, 9.17) is 21.1 Å². The van der Waals surface area contributed by atoms with Gasteiger partial charge in [0.1, 0.15) is 22.3 Å². The van der Waals surface area contributed by atoms with E-state index in [0.717, 1.165) is 0 Å². The first kappa shape index (κ1) is 22.3. The van der Waals surface area contributed by atoms with Gasteiger partial charge < -0.3 is 14.8 Å². The number of hydrogen-bond acceptors (Lipinski definition) is 5. The average molecular weight is 446 g/mol. The highest BCUT2D eigenvalue weighted by Gasteiger charge is 2.26. The molecule has 1 heterocycles. The predicted molar refractivity (Wildman–Crippen MR) is 114 cm³/mol. The van der Waals surface area contributed by atoms with Gasteiger partial charge in [0.05, 0.1) is 23.7 Å². The first-order valence-electron chi connectivity index (χ1n) is 9.56. The van der Waals surface area contributed by atoms with Gasteiger partial charge in [0.2, 0.25) is 0 Å². The number of nitrogens with one attached hydrogen (secondary N) is 1. The number of aryl methyl sites for hydroxylation is 1. The third-order valence-corrected chi connectivity index (χ3v) is 4.73. The molecular weight excluding hydrogens is 425 g/mol. The van der Waals surface area contributed by atoms with E-state index in [9.17, 15) is 14.0 Å². The zero-order chi connectivity index (χ0) is 22.5. The normalized spacial score (nSPS) is 11.6. The van der Waals surface area contributed by atoms with Crippen LogP contribution >= 0.6 is 11.6 Å². The lowest BCUT2D eigenvalue weighted by Crippen LogP contribution is -2.30. The zero-order valence-electron chi connectivity index (χ0n) is 17.2. The van der Waals surface area contributed by atoms with Crippen molar-refractivity contribution in [2.75, 3.05) is 11.9 Å². The topological polar surface area (TPSA) is 82.4 Å². The molecule has 3 rings (SSSR count). The minimum Gasteiger partial charge on any atom is -0.492 e. The van der Waals surface area contributed by atoms with Gasteiger partial charge in [0.15, 0.2) is 6.10 Å². The summed E-state index contributed by atoms with van der Waals surface area (Å²) in [6.07, 6.45) is -1.10. The number of ether oxygens (including phenoxy) is 2. The molecule has 0 aliphatic carbocycles. The Morgan fingerprint density at radius 1 is 1.19 bits per heavy atom. The Morgan fingerprint density at radius 3 is 2.55 bits per heavy atom.